The van der Waals surface area contributed by atoms with Crippen LogP contribution in [0.3, 0.4) is 0 Å². The second-order valence-electron chi connectivity index (χ2n) is 14.2. The van der Waals surface area contributed by atoms with Crippen molar-refractivity contribution in [3.05, 3.63) is 187 Å². The van der Waals surface area contributed by atoms with Crippen molar-refractivity contribution in [2.75, 3.05) is 0 Å². The van der Waals surface area contributed by atoms with Gasteiger partial charge in [-0.15, -0.1) is 0 Å². The lowest BCUT2D eigenvalue weighted by Gasteiger charge is -2.21. The zero-order valence-corrected chi connectivity index (χ0v) is 28.2. The lowest BCUT2D eigenvalue weighted by atomic mass is 9.82. The van der Waals surface area contributed by atoms with E-state index >= 15 is 0 Å². The second-order valence-corrected chi connectivity index (χ2v) is 14.2. The van der Waals surface area contributed by atoms with Crippen molar-refractivity contribution in [3.8, 4) is 50.2 Å². The average molecular weight is 638 g/mol. The first-order chi connectivity index (χ1) is 24.5. The second kappa shape index (κ2) is 10.9. The predicted octanol–water partition coefficient (Wildman–Crippen LogP) is 13.2. The molecular weight excluding hydrogens is 603 g/mol. The lowest BCUT2D eigenvalue weighted by Crippen LogP contribution is -2.14. The largest absolute Gasteiger partial charge is 0.309 e. The number of aromatic nitrogens is 1. The number of nitrogens with zero attached hydrogens (tertiary/aromatic N) is 1. The maximum atomic E-state index is 2.48. The van der Waals surface area contributed by atoms with Gasteiger partial charge in [0.15, 0.2) is 0 Å². The molecule has 8 aromatic carbocycles. The Morgan fingerprint density at radius 1 is 0.360 bits per heavy atom. The zero-order chi connectivity index (χ0) is 33.4. The monoisotopic (exact) mass is 637 g/mol. The van der Waals surface area contributed by atoms with E-state index in [1.807, 2.05) is 0 Å². The number of rotatable bonds is 4. The zero-order valence-electron chi connectivity index (χ0n) is 28.2. The lowest BCUT2D eigenvalue weighted by molar-refractivity contribution is 0.661. The van der Waals surface area contributed by atoms with E-state index in [-0.39, 0.29) is 5.41 Å². The van der Waals surface area contributed by atoms with Crippen LogP contribution in [0.15, 0.2) is 176 Å². The molecule has 1 aliphatic carbocycles. The van der Waals surface area contributed by atoms with Gasteiger partial charge in [-0.25, -0.2) is 0 Å². The minimum atomic E-state index is -0.0556. The average Bonchev–Trinajstić information content (AvgIpc) is 3.60. The summed E-state index contributed by atoms with van der Waals surface area (Å²) in [5, 5.41) is 5.12. The van der Waals surface area contributed by atoms with E-state index in [9.17, 15) is 0 Å². The maximum absolute atomic E-state index is 2.48. The Morgan fingerprint density at radius 3 is 1.50 bits per heavy atom. The molecule has 236 valence electrons. The molecule has 1 aliphatic rings. The van der Waals surface area contributed by atoms with Crippen LogP contribution in [0, 0.1) is 0 Å². The van der Waals surface area contributed by atoms with Gasteiger partial charge in [0.25, 0.3) is 0 Å². The van der Waals surface area contributed by atoms with Gasteiger partial charge in [-0.1, -0.05) is 135 Å². The van der Waals surface area contributed by atoms with Gasteiger partial charge >= 0.3 is 0 Å². The van der Waals surface area contributed by atoms with E-state index in [0.717, 1.165) is 5.69 Å². The molecule has 0 aliphatic heterocycles. The first-order valence-corrected chi connectivity index (χ1v) is 17.5. The Labute approximate surface area is 292 Å². The van der Waals surface area contributed by atoms with E-state index in [4.69, 9.17) is 0 Å². The highest BCUT2D eigenvalue weighted by Crippen LogP contribution is 2.51. The van der Waals surface area contributed by atoms with Gasteiger partial charge in [0, 0.05) is 21.9 Å². The summed E-state index contributed by atoms with van der Waals surface area (Å²) < 4.78 is 2.48. The van der Waals surface area contributed by atoms with E-state index in [2.05, 4.69) is 194 Å². The summed E-state index contributed by atoms with van der Waals surface area (Å²) in [6.45, 7) is 4.74. The Hall–Kier alpha value is -6.18. The van der Waals surface area contributed by atoms with Crippen molar-refractivity contribution in [1.29, 1.82) is 0 Å². The maximum Gasteiger partial charge on any atom is 0.0547 e. The topological polar surface area (TPSA) is 4.93 Å². The molecule has 0 atom stereocenters. The van der Waals surface area contributed by atoms with Crippen molar-refractivity contribution >= 4 is 32.6 Å². The minimum absolute atomic E-state index is 0.0556. The Morgan fingerprint density at radius 2 is 0.860 bits per heavy atom. The fraction of sp³-hybridized carbons (Fsp3) is 0.0612. The number of hydrogen-bond acceptors (Lipinski definition) is 0. The van der Waals surface area contributed by atoms with Crippen molar-refractivity contribution in [2.24, 2.45) is 0 Å². The first kappa shape index (κ1) is 28.8. The highest BCUT2D eigenvalue weighted by atomic mass is 15.0. The summed E-state index contributed by atoms with van der Waals surface area (Å²) in [6.07, 6.45) is 0. The molecule has 50 heavy (non-hydrogen) atoms. The van der Waals surface area contributed by atoms with E-state index in [1.165, 1.54) is 88.2 Å². The van der Waals surface area contributed by atoms with Gasteiger partial charge in [0.2, 0.25) is 0 Å². The minimum Gasteiger partial charge on any atom is -0.309 e. The molecule has 0 radical (unpaired) electrons. The van der Waals surface area contributed by atoms with Crippen LogP contribution in [-0.4, -0.2) is 4.57 Å². The van der Waals surface area contributed by atoms with Crippen LogP contribution in [0.4, 0.5) is 0 Å². The van der Waals surface area contributed by atoms with Gasteiger partial charge < -0.3 is 4.57 Å². The Bertz CT molecular complexity index is 2690. The Balaban J connectivity index is 1.18. The van der Waals surface area contributed by atoms with Gasteiger partial charge in [0.1, 0.15) is 0 Å². The van der Waals surface area contributed by atoms with Crippen molar-refractivity contribution in [1.82, 2.24) is 4.57 Å². The molecule has 0 saturated heterocycles. The normalized spacial score (nSPS) is 13.2. The molecule has 9 aromatic rings. The fourth-order valence-electron chi connectivity index (χ4n) is 8.37. The third-order valence-corrected chi connectivity index (χ3v) is 10.9. The third kappa shape index (κ3) is 4.40. The molecule has 0 fully saturated rings. The van der Waals surface area contributed by atoms with E-state index in [1.54, 1.807) is 0 Å². The van der Waals surface area contributed by atoms with Crippen LogP contribution in [-0.2, 0) is 5.41 Å². The molecular formula is C49H35N. The Kier molecular flexibility index (Phi) is 6.29. The van der Waals surface area contributed by atoms with E-state index in [0.29, 0.717) is 0 Å². The summed E-state index contributed by atoms with van der Waals surface area (Å²) >= 11 is 0. The van der Waals surface area contributed by atoms with Gasteiger partial charge in [0.05, 0.1) is 11.0 Å². The van der Waals surface area contributed by atoms with E-state index < -0.39 is 0 Å². The van der Waals surface area contributed by atoms with Crippen LogP contribution in [0.1, 0.15) is 25.0 Å². The van der Waals surface area contributed by atoms with Crippen LogP contribution < -0.4 is 0 Å². The van der Waals surface area contributed by atoms with Crippen molar-refractivity contribution in [2.45, 2.75) is 19.3 Å². The van der Waals surface area contributed by atoms with Crippen LogP contribution in [0.5, 0.6) is 0 Å². The van der Waals surface area contributed by atoms with Crippen LogP contribution >= 0.6 is 0 Å². The number of hydrogen-bond donors (Lipinski definition) is 0. The smallest absolute Gasteiger partial charge is 0.0547 e. The number of benzene rings is 8. The summed E-state index contributed by atoms with van der Waals surface area (Å²) in [4.78, 5) is 0. The highest BCUT2D eigenvalue weighted by molar-refractivity contribution is 6.15. The third-order valence-electron chi connectivity index (χ3n) is 10.9. The molecule has 0 amide bonds. The molecule has 0 bridgehead atoms. The first-order valence-electron chi connectivity index (χ1n) is 17.5. The fourth-order valence-corrected chi connectivity index (χ4v) is 8.37. The van der Waals surface area contributed by atoms with Crippen LogP contribution in [0.2, 0.25) is 0 Å². The summed E-state index contributed by atoms with van der Waals surface area (Å²) in [7, 11) is 0. The molecule has 10 rings (SSSR count). The summed E-state index contributed by atoms with van der Waals surface area (Å²) in [5.74, 6) is 0. The predicted molar refractivity (Wildman–Crippen MR) is 212 cm³/mol. The summed E-state index contributed by atoms with van der Waals surface area (Å²) in [5.41, 5.74) is 16.4. The molecule has 1 heteroatoms. The SMILES string of the molecule is CC1(C)c2ccccc2-c2cc3c(cc21)c1cc2ccccc2cc1n3-c1ccc(-c2cc(-c3ccccc3)cc(-c3ccccc3)c2)cc1. The van der Waals surface area contributed by atoms with Gasteiger partial charge in [-0.3, -0.25) is 0 Å². The molecule has 0 spiro atoms. The molecule has 0 N–H and O–H groups in total. The quantitative estimate of drug-likeness (QED) is 0.181. The number of fused-ring (bicyclic) bond motifs is 7. The van der Waals surface area contributed by atoms with Crippen LogP contribution in [0.25, 0.3) is 82.8 Å². The van der Waals surface area contributed by atoms with Gasteiger partial charge in [-0.05, 0) is 121 Å². The molecule has 1 aromatic heterocycles. The molecule has 1 heterocycles. The highest BCUT2D eigenvalue weighted by Gasteiger charge is 2.36. The molecule has 0 unspecified atom stereocenters. The van der Waals surface area contributed by atoms with Gasteiger partial charge in [-0.2, -0.15) is 0 Å². The van der Waals surface area contributed by atoms with Crippen molar-refractivity contribution in [3.63, 3.8) is 0 Å². The molecule has 1 nitrogen and oxygen atoms in total. The standard InChI is InChI=1S/C49H35N/c1-49(2)45-20-12-11-19-41(45)42-31-48-44(30-46(42)49)43-28-35-17-9-10-18-36(35)29-47(43)50(48)40-23-21-34(22-24-40)39-26-37(32-13-5-3-6-14-32)25-38(27-39)33-15-7-4-8-16-33/h3-31H,1-2H3. The molecule has 0 saturated carbocycles. The summed E-state index contributed by atoms with van der Waals surface area (Å²) in [6, 6.07) is 64.9. The van der Waals surface area contributed by atoms with Crippen molar-refractivity contribution < 1.29 is 0 Å².